The van der Waals surface area contributed by atoms with Crippen molar-refractivity contribution in [3.05, 3.63) is 46.6 Å². The topological polar surface area (TPSA) is 52.3 Å². The molecule has 2 aromatic rings. The third kappa shape index (κ3) is 2.57. The second kappa shape index (κ2) is 6.20. The second-order valence-corrected chi connectivity index (χ2v) is 9.67. The summed E-state index contributed by atoms with van der Waals surface area (Å²) >= 11 is 0. The lowest BCUT2D eigenvalue weighted by Crippen LogP contribution is -2.60. The smallest absolute Gasteiger partial charge is 0.343 e. The Morgan fingerprint density at radius 3 is 2.86 bits per heavy atom. The van der Waals surface area contributed by atoms with Crippen LogP contribution in [0.5, 0.6) is 5.75 Å². The third-order valence-corrected chi connectivity index (χ3v) is 8.10. The molecule has 2 unspecified atom stereocenters. The number of hydrogen-bond donors (Lipinski definition) is 0. The summed E-state index contributed by atoms with van der Waals surface area (Å²) < 4.78 is 12.3. The van der Waals surface area contributed by atoms with Crippen LogP contribution in [0.1, 0.15) is 58.4 Å². The van der Waals surface area contributed by atoms with Crippen LogP contribution >= 0.6 is 0 Å². The molecule has 0 bridgehead atoms. The van der Waals surface area contributed by atoms with Gasteiger partial charge in [0.25, 0.3) is 0 Å². The van der Waals surface area contributed by atoms with Crippen LogP contribution in [0.4, 0.5) is 0 Å². The summed E-state index contributed by atoms with van der Waals surface area (Å²) in [5.41, 5.74) is 1.28. The van der Waals surface area contributed by atoms with E-state index in [1.165, 1.54) is 25.7 Å². The summed E-state index contributed by atoms with van der Waals surface area (Å²) in [5, 5.41) is 0. The van der Waals surface area contributed by atoms with Crippen molar-refractivity contribution >= 4 is 0 Å². The van der Waals surface area contributed by atoms with Gasteiger partial charge >= 0.3 is 5.63 Å². The van der Waals surface area contributed by atoms with Crippen LogP contribution in [0.2, 0.25) is 0 Å². The molecule has 0 aromatic carbocycles. The first-order valence-electron chi connectivity index (χ1n) is 10.7. The van der Waals surface area contributed by atoms with E-state index >= 15 is 0 Å². The first kappa shape index (κ1) is 18.0. The molecule has 4 nitrogen and oxygen atoms in total. The van der Waals surface area contributed by atoms with Crippen molar-refractivity contribution in [3.8, 4) is 17.1 Å². The molecule has 2 fully saturated rings. The maximum absolute atomic E-state index is 12.9. The molecule has 3 aliphatic rings. The fourth-order valence-corrected chi connectivity index (χ4v) is 6.65. The predicted octanol–water partition coefficient (Wildman–Crippen LogP) is 5.25. The van der Waals surface area contributed by atoms with Crippen LogP contribution in [-0.2, 0) is 6.42 Å². The SMILES string of the molecule is C[C@H]1CCC[C@@]2(C)C1CC[C@@]1(C)Oc3cc(-c4cccnc4)oc(=O)c3CC21. The molecular formula is C24H29NO3. The molecular weight excluding hydrogens is 350 g/mol. The molecule has 5 atom stereocenters. The summed E-state index contributed by atoms with van der Waals surface area (Å²) in [6.07, 6.45) is 10.3. The zero-order chi connectivity index (χ0) is 19.5. The first-order chi connectivity index (χ1) is 13.4. The molecule has 0 N–H and O–H groups in total. The highest BCUT2D eigenvalue weighted by Crippen LogP contribution is 2.61. The summed E-state index contributed by atoms with van der Waals surface area (Å²) in [4.78, 5) is 17.0. The number of ether oxygens (including phenoxy) is 1. The first-order valence-corrected chi connectivity index (χ1v) is 10.7. The number of aromatic nitrogens is 1. The Kier molecular flexibility index (Phi) is 3.98. The average Bonchev–Trinajstić information content (AvgIpc) is 2.67. The highest BCUT2D eigenvalue weighted by Gasteiger charge is 2.58. The van der Waals surface area contributed by atoms with Crippen molar-refractivity contribution in [1.29, 1.82) is 0 Å². The molecule has 2 aliphatic carbocycles. The van der Waals surface area contributed by atoms with Gasteiger partial charge in [-0.3, -0.25) is 4.98 Å². The van der Waals surface area contributed by atoms with E-state index in [9.17, 15) is 4.79 Å². The Labute approximate surface area is 166 Å². The maximum atomic E-state index is 12.9. The molecule has 148 valence electrons. The fourth-order valence-electron chi connectivity index (χ4n) is 6.65. The minimum atomic E-state index is -0.256. The zero-order valence-corrected chi connectivity index (χ0v) is 17.0. The van der Waals surface area contributed by atoms with Gasteiger partial charge in [0.1, 0.15) is 17.1 Å². The van der Waals surface area contributed by atoms with Crippen molar-refractivity contribution < 1.29 is 9.15 Å². The van der Waals surface area contributed by atoms with Crippen molar-refractivity contribution in [1.82, 2.24) is 4.98 Å². The molecule has 3 heterocycles. The Bertz CT molecular complexity index is 952. The molecule has 4 heteroatoms. The second-order valence-electron chi connectivity index (χ2n) is 9.67. The van der Waals surface area contributed by atoms with E-state index < -0.39 is 0 Å². The summed E-state index contributed by atoms with van der Waals surface area (Å²) in [6, 6.07) is 5.65. The number of rotatable bonds is 1. The third-order valence-electron chi connectivity index (χ3n) is 8.10. The maximum Gasteiger partial charge on any atom is 0.343 e. The van der Waals surface area contributed by atoms with Crippen LogP contribution in [-0.4, -0.2) is 10.6 Å². The minimum Gasteiger partial charge on any atom is -0.487 e. The molecule has 0 amide bonds. The molecule has 28 heavy (non-hydrogen) atoms. The lowest BCUT2D eigenvalue weighted by atomic mass is 9.48. The van der Waals surface area contributed by atoms with Gasteiger partial charge in [-0.15, -0.1) is 0 Å². The summed E-state index contributed by atoms with van der Waals surface area (Å²) in [5.74, 6) is 3.09. The van der Waals surface area contributed by atoms with Gasteiger partial charge in [-0.2, -0.15) is 0 Å². The Morgan fingerprint density at radius 2 is 2.07 bits per heavy atom. The molecule has 0 radical (unpaired) electrons. The highest BCUT2D eigenvalue weighted by molar-refractivity contribution is 5.58. The lowest BCUT2D eigenvalue weighted by molar-refractivity contribution is -0.144. The summed E-state index contributed by atoms with van der Waals surface area (Å²) in [6.45, 7) is 7.13. The van der Waals surface area contributed by atoms with Crippen LogP contribution in [0.15, 0.2) is 39.8 Å². The van der Waals surface area contributed by atoms with Gasteiger partial charge in [-0.25, -0.2) is 4.79 Å². The number of nitrogens with zero attached hydrogens (tertiary/aromatic N) is 1. The number of hydrogen-bond acceptors (Lipinski definition) is 4. The van der Waals surface area contributed by atoms with Crippen molar-refractivity contribution in [2.24, 2.45) is 23.2 Å². The van der Waals surface area contributed by atoms with Gasteiger partial charge in [0.05, 0.1) is 5.56 Å². The van der Waals surface area contributed by atoms with E-state index in [0.717, 1.165) is 35.8 Å². The lowest BCUT2D eigenvalue weighted by Gasteiger charge is -2.60. The molecule has 1 aliphatic heterocycles. The van der Waals surface area contributed by atoms with Crippen molar-refractivity contribution in [2.75, 3.05) is 0 Å². The molecule has 0 spiro atoms. The quantitative estimate of drug-likeness (QED) is 0.679. The van der Waals surface area contributed by atoms with Gasteiger partial charge in [0, 0.05) is 29.9 Å². The van der Waals surface area contributed by atoms with E-state index in [2.05, 4.69) is 25.8 Å². The van der Waals surface area contributed by atoms with E-state index in [1.807, 2.05) is 18.2 Å². The number of fused-ring (bicyclic) bond motifs is 4. The van der Waals surface area contributed by atoms with Crippen LogP contribution in [0, 0.1) is 23.2 Å². The molecule has 2 aromatic heterocycles. The molecule has 5 rings (SSSR count). The van der Waals surface area contributed by atoms with Gasteiger partial charge in [0.2, 0.25) is 0 Å². The summed E-state index contributed by atoms with van der Waals surface area (Å²) in [7, 11) is 0. The van der Waals surface area contributed by atoms with Gasteiger partial charge in [-0.1, -0.05) is 26.7 Å². The average molecular weight is 380 g/mol. The van der Waals surface area contributed by atoms with Crippen LogP contribution < -0.4 is 10.4 Å². The Balaban J connectivity index is 1.57. The van der Waals surface area contributed by atoms with Crippen LogP contribution in [0.25, 0.3) is 11.3 Å². The fraction of sp³-hybridized carbons (Fsp3) is 0.583. The largest absolute Gasteiger partial charge is 0.487 e. The van der Waals surface area contributed by atoms with Crippen molar-refractivity contribution in [2.45, 2.75) is 64.9 Å². The monoisotopic (exact) mass is 379 g/mol. The van der Waals surface area contributed by atoms with Gasteiger partial charge in [-0.05, 0) is 62.0 Å². The van der Waals surface area contributed by atoms with E-state index in [1.54, 1.807) is 12.4 Å². The Morgan fingerprint density at radius 1 is 1.21 bits per heavy atom. The predicted molar refractivity (Wildman–Crippen MR) is 108 cm³/mol. The van der Waals surface area contributed by atoms with E-state index in [-0.39, 0.29) is 16.6 Å². The zero-order valence-electron chi connectivity index (χ0n) is 17.0. The highest BCUT2D eigenvalue weighted by atomic mass is 16.5. The Hall–Kier alpha value is -2.10. The number of pyridine rings is 1. The molecule has 0 saturated heterocycles. The van der Waals surface area contributed by atoms with E-state index in [0.29, 0.717) is 17.4 Å². The molecule has 2 saturated carbocycles. The van der Waals surface area contributed by atoms with Gasteiger partial charge in [0.15, 0.2) is 0 Å². The van der Waals surface area contributed by atoms with E-state index in [4.69, 9.17) is 9.15 Å². The van der Waals surface area contributed by atoms with Crippen molar-refractivity contribution in [3.63, 3.8) is 0 Å². The minimum absolute atomic E-state index is 0.213. The normalized spacial score (nSPS) is 36.6. The van der Waals surface area contributed by atoms with Crippen LogP contribution in [0.3, 0.4) is 0 Å². The van der Waals surface area contributed by atoms with Gasteiger partial charge < -0.3 is 9.15 Å². The standard InChI is InChI=1S/C24H29NO3/c1-15-6-4-9-23(2)18(15)8-10-24(3)21(23)12-17-20(28-24)13-19(27-22(17)26)16-7-5-11-25-14-16/h5,7,11,13-15,18,21H,4,6,8-10,12H2,1-3H3/t15-,18?,21?,23-,24+/m0/s1.